The van der Waals surface area contributed by atoms with Crippen molar-refractivity contribution < 1.29 is 14.7 Å². The minimum absolute atomic E-state index is 0.289. The lowest BCUT2D eigenvalue weighted by Crippen LogP contribution is -2.30. The van der Waals surface area contributed by atoms with E-state index in [9.17, 15) is 9.59 Å². The molecule has 6 heteroatoms. The summed E-state index contributed by atoms with van der Waals surface area (Å²) in [6.07, 6.45) is 0.289. The van der Waals surface area contributed by atoms with Gasteiger partial charge < -0.3 is 10.0 Å². The van der Waals surface area contributed by atoms with Gasteiger partial charge in [0.2, 0.25) is 5.91 Å². The van der Waals surface area contributed by atoms with Crippen LogP contribution in [0.2, 0.25) is 10.0 Å². The lowest BCUT2D eigenvalue weighted by atomic mass is 10.1. The molecule has 0 saturated carbocycles. The van der Waals surface area contributed by atoms with Crippen LogP contribution in [-0.4, -0.2) is 23.5 Å². The van der Waals surface area contributed by atoms with Gasteiger partial charge in [0, 0.05) is 11.6 Å². The summed E-state index contributed by atoms with van der Waals surface area (Å²) < 4.78 is 0. The van der Waals surface area contributed by atoms with Crippen LogP contribution in [0.3, 0.4) is 0 Å². The Morgan fingerprint density at radius 3 is 2.71 bits per heavy atom. The van der Waals surface area contributed by atoms with Crippen LogP contribution in [0.15, 0.2) is 18.2 Å². The molecule has 4 nitrogen and oxygen atoms in total. The van der Waals surface area contributed by atoms with Gasteiger partial charge in [-0.15, -0.1) is 0 Å². The van der Waals surface area contributed by atoms with Crippen molar-refractivity contribution in [3.63, 3.8) is 0 Å². The SMILES string of the molecule is O=C(O)C1CCN(c2cc(Cl)ccc2Cl)C1=O. The fourth-order valence-electron chi connectivity index (χ4n) is 1.84. The number of hydrogen-bond acceptors (Lipinski definition) is 2. The van der Waals surface area contributed by atoms with Crippen LogP contribution in [0.4, 0.5) is 5.69 Å². The highest BCUT2D eigenvalue weighted by atomic mass is 35.5. The molecule has 1 saturated heterocycles. The lowest BCUT2D eigenvalue weighted by molar-refractivity contribution is -0.144. The largest absolute Gasteiger partial charge is 0.481 e. The van der Waals surface area contributed by atoms with E-state index < -0.39 is 17.8 Å². The van der Waals surface area contributed by atoms with Crippen molar-refractivity contribution in [3.8, 4) is 0 Å². The minimum Gasteiger partial charge on any atom is -0.481 e. The monoisotopic (exact) mass is 273 g/mol. The second-order valence-electron chi connectivity index (χ2n) is 3.77. The maximum absolute atomic E-state index is 11.9. The zero-order valence-corrected chi connectivity index (χ0v) is 10.2. The number of aliphatic carboxylic acids is 1. The number of carboxylic acid groups (broad SMARTS) is 1. The fraction of sp³-hybridized carbons (Fsp3) is 0.273. The summed E-state index contributed by atoms with van der Waals surface area (Å²) in [6.45, 7) is 0.343. The molecule has 1 aliphatic heterocycles. The van der Waals surface area contributed by atoms with Crippen LogP contribution in [0.25, 0.3) is 0 Å². The van der Waals surface area contributed by atoms with E-state index in [-0.39, 0.29) is 6.42 Å². The first kappa shape index (κ1) is 12.2. The molecule has 0 radical (unpaired) electrons. The lowest BCUT2D eigenvalue weighted by Gasteiger charge is -2.17. The first-order valence-corrected chi connectivity index (χ1v) is 5.75. The Kier molecular flexibility index (Phi) is 3.26. The van der Waals surface area contributed by atoms with E-state index in [1.165, 1.54) is 4.90 Å². The Hall–Kier alpha value is -1.26. The molecule has 90 valence electrons. The average molecular weight is 274 g/mol. The number of rotatable bonds is 2. The van der Waals surface area contributed by atoms with Gasteiger partial charge in [-0.1, -0.05) is 23.2 Å². The summed E-state index contributed by atoms with van der Waals surface area (Å²) in [4.78, 5) is 24.1. The van der Waals surface area contributed by atoms with E-state index in [0.29, 0.717) is 22.3 Å². The van der Waals surface area contributed by atoms with Gasteiger partial charge >= 0.3 is 5.97 Å². The predicted molar refractivity (Wildman–Crippen MR) is 64.6 cm³/mol. The van der Waals surface area contributed by atoms with E-state index in [0.717, 1.165) is 0 Å². The van der Waals surface area contributed by atoms with Gasteiger partial charge in [-0.3, -0.25) is 9.59 Å². The Labute approximate surface area is 108 Å². The highest BCUT2D eigenvalue weighted by Crippen LogP contribution is 2.33. The maximum Gasteiger partial charge on any atom is 0.316 e. The number of benzene rings is 1. The van der Waals surface area contributed by atoms with Gasteiger partial charge in [0.05, 0.1) is 10.7 Å². The van der Waals surface area contributed by atoms with Gasteiger partial charge in [0.1, 0.15) is 5.92 Å². The molecule has 1 atom stereocenters. The van der Waals surface area contributed by atoms with E-state index in [2.05, 4.69) is 0 Å². The topological polar surface area (TPSA) is 57.6 Å². The van der Waals surface area contributed by atoms with E-state index >= 15 is 0 Å². The molecule has 1 unspecified atom stereocenters. The number of hydrogen-bond donors (Lipinski definition) is 1. The van der Waals surface area contributed by atoms with Crippen LogP contribution < -0.4 is 4.90 Å². The van der Waals surface area contributed by atoms with Crippen molar-refractivity contribution in [3.05, 3.63) is 28.2 Å². The van der Waals surface area contributed by atoms with Gasteiger partial charge in [0.15, 0.2) is 0 Å². The third kappa shape index (κ3) is 2.23. The van der Waals surface area contributed by atoms with Crippen molar-refractivity contribution >= 4 is 40.8 Å². The molecular formula is C11H9Cl2NO3. The van der Waals surface area contributed by atoms with Crippen molar-refractivity contribution in [1.29, 1.82) is 0 Å². The Balaban J connectivity index is 2.33. The highest BCUT2D eigenvalue weighted by Gasteiger charge is 2.38. The summed E-state index contributed by atoms with van der Waals surface area (Å²) in [6, 6.07) is 4.76. The molecule has 1 heterocycles. The quantitative estimate of drug-likeness (QED) is 0.842. The Morgan fingerprint density at radius 1 is 1.41 bits per heavy atom. The van der Waals surface area contributed by atoms with Crippen molar-refractivity contribution in [2.75, 3.05) is 11.4 Å². The summed E-state index contributed by atoms with van der Waals surface area (Å²) in [7, 11) is 0. The third-order valence-corrected chi connectivity index (χ3v) is 3.26. The number of carbonyl (C=O) groups is 2. The van der Waals surface area contributed by atoms with Crippen LogP contribution in [0, 0.1) is 5.92 Å². The van der Waals surface area contributed by atoms with Gasteiger partial charge in [0.25, 0.3) is 0 Å². The van der Waals surface area contributed by atoms with Crippen molar-refractivity contribution in [2.24, 2.45) is 5.92 Å². The number of amides is 1. The molecule has 1 N–H and O–H groups in total. The molecule has 1 aromatic rings. The van der Waals surface area contributed by atoms with Crippen molar-refractivity contribution in [2.45, 2.75) is 6.42 Å². The number of halogens is 2. The maximum atomic E-state index is 11.9. The molecule has 1 fully saturated rings. The second kappa shape index (κ2) is 4.55. The molecule has 1 amide bonds. The Bertz CT molecular complexity index is 490. The minimum atomic E-state index is -1.10. The smallest absolute Gasteiger partial charge is 0.316 e. The van der Waals surface area contributed by atoms with Crippen LogP contribution >= 0.6 is 23.2 Å². The average Bonchev–Trinajstić information content (AvgIpc) is 2.64. The van der Waals surface area contributed by atoms with E-state index in [4.69, 9.17) is 28.3 Å². The van der Waals surface area contributed by atoms with Crippen molar-refractivity contribution in [1.82, 2.24) is 0 Å². The van der Waals surface area contributed by atoms with Crippen LogP contribution in [0.5, 0.6) is 0 Å². The normalized spacial score (nSPS) is 19.8. The number of carbonyl (C=O) groups excluding carboxylic acids is 1. The fourth-order valence-corrected chi connectivity index (χ4v) is 2.23. The van der Waals surface area contributed by atoms with Gasteiger partial charge in [-0.25, -0.2) is 0 Å². The molecule has 0 aromatic heterocycles. The molecule has 0 aliphatic carbocycles. The van der Waals surface area contributed by atoms with E-state index in [1.54, 1.807) is 18.2 Å². The predicted octanol–water partition coefficient (Wildman–Crippen LogP) is 2.43. The Morgan fingerprint density at radius 2 is 2.12 bits per heavy atom. The zero-order chi connectivity index (χ0) is 12.6. The first-order valence-electron chi connectivity index (χ1n) is 5.00. The van der Waals surface area contributed by atoms with E-state index in [1.807, 2.05) is 0 Å². The molecule has 2 rings (SSSR count). The highest BCUT2D eigenvalue weighted by molar-refractivity contribution is 6.36. The molecular weight excluding hydrogens is 265 g/mol. The standard InChI is InChI=1S/C11H9Cl2NO3/c12-6-1-2-8(13)9(5-6)14-4-3-7(10(14)15)11(16)17/h1-2,5,7H,3-4H2,(H,16,17). The summed E-state index contributed by atoms with van der Waals surface area (Å²) in [5.41, 5.74) is 0.466. The summed E-state index contributed by atoms with van der Waals surface area (Å²) >= 11 is 11.8. The first-order chi connectivity index (χ1) is 8.00. The summed E-state index contributed by atoms with van der Waals surface area (Å²) in [5, 5.41) is 9.70. The molecule has 0 bridgehead atoms. The number of anilines is 1. The molecule has 1 aliphatic rings. The van der Waals surface area contributed by atoms with Gasteiger partial charge in [-0.2, -0.15) is 0 Å². The third-order valence-electron chi connectivity index (χ3n) is 2.70. The molecule has 0 spiro atoms. The van der Waals surface area contributed by atoms with Crippen LogP contribution in [-0.2, 0) is 9.59 Å². The number of nitrogens with zero attached hydrogens (tertiary/aromatic N) is 1. The number of carboxylic acids is 1. The zero-order valence-electron chi connectivity index (χ0n) is 8.69. The van der Waals surface area contributed by atoms with Crippen LogP contribution in [0.1, 0.15) is 6.42 Å². The van der Waals surface area contributed by atoms with Gasteiger partial charge in [-0.05, 0) is 24.6 Å². The molecule has 17 heavy (non-hydrogen) atoms. The molecule has 1 aromatic carbocycles. The second-order valence-corrected chi connectivity index (χ2v) is 4.61. The summed E-state index contributed by atoms with van der Waals surface area (Å²) in [5.74, 6) is -2.53.